The van der Waals surface area contributed by atoms with E-state index in [1.165, 1.54) is 0 Å². The average molecular weight is 256 g/mol. The number of carbonyl (C=O) groups is 2. The Kier molecular flexibility index (Phi) is 2.67. The number of carboxylic acids is 1. The molecule has 1 aromatic heterocycles. The smallest absolute Gasteiger partial charge is 0.310 e. The highest BCUT2D eigenvalue weighted by atomic mass is 16.4. The van der Waals surface area contributed by atoms with Crippen molar-refractivity contribution in [1.29, 1.82) is 0 Å². The maximum Gasteiger partial charge on any atom is 0.310 e. The summed E-state index contributed by atoms with van der Waals surface area (Å²) in [4.78, 5) is 28.8. The number of fused-ring (bicyclic) bond motifs is 1. The Labute approximate surface area is 109 Å². The van der Waals surface area contributed by atoms with Crippen LogP contribution < -0.4 is 0 Å². The molecular weight excluding hydrogens is 244 g/mol. The molecule has 1 amide bonds. The van der Waals surface area contributed by atoms with Crippen LogP contribution in [0.5, 0.6) is 0 Å². The Morgan fingerprint density at radius 2 is 1.95 bits per heavy atom. The van der Waals surface area contributed by atoms with Crippen LogP contribution >= 0.6 is 0 Å². The summed E-state index contributed by atoms with van der Waals surface area (Å²) in [6.45, 7) is 0.550. The number of carbonyl (C=O) groups excluding carboxylic acids is 1. The van der Waals surface area contributed by atoms with Crippen LogP contribution in [0.15, 0.2) is 36.5 Å². The van der Waals surface area contributed by atoms with Gasteiger partial charge in [0.15, 0.2) is 0 Å². The van der Waals surface area contributed by atoms with Gasteiger partial charge in [0.05, 0.1) is 17.0 Å². The van der Waals surface area contributed by atoms with Crippen LogP contribution in [0.2, 0.25) is 0 Å². The van der Waals surface area contributed by atoms with Gasteiger partial charge in [-0.2, -0.15) is 0 Å². The zero-order valence-electron chi connectivity index (χ0n) is 10.1. The Balaban J connectivity index is 1.89. The lowest BCUT2D eigenvalue weighted by molar-refractivity contribution is -0.146. The molecule has 0 unspecified atom stereocenters. The lowest BCUT2D eigenvalue weighted by atomic mass is 9.98. The van der Waals surface area contributed by atoms with Crippen molar-refractivity contribution >= 4 is 22.8 Å². The second-order valence-corrected chi connectivity index (χ2v) is 4.63. The van der Waals surface area contributed by atoms with E-state index in [-0.39, 0.29) is 19.0 Å². The van der Waals surface area contributed by atoms with Gasteiger partial charge in [-0.3, -0.25) is 14.6 Å². The van der Waals surface area contributed by atoms with Crippen LogP contribution in [0.3, 0.4) is 0 Å². The van der Waals surface area contributed by atoms with E-state index in [1.54, 1.807) is 17.2 Å². The number of nitrogens with zero attached hydrogens (tertiary/aromatic N) is 2. The minimum Gasteiger partial charge on any atom is -0.481 e. The van der Waals surface area contributed by atoms with Gasteiger partial charge in [0.2, 0.25) is 0 Å². The molecule has 2 aromatic rings. The normalized spacial score (nSPS) is 15.3. The van der Waals surface area contributed by atoms with Crippen LogP contribution in [-0.4, -0.2) is 40.0 Å². The summed E-state index contributed by atoms with van der Waals surface area (Å²) in [7, 11) is 0. The van der Waals surface area contributed by atoms with Gasteiger partial charge < -0.3 is 10.0 Å². The van der Waals surface area contributed by atoms with E-state index in [1.807, 2.05) is 24.3 Å². The number of rotatable bonds is 2. The van der Waals surface area contributed by atoms with Crippen LogP contribution in [0.4, 0.5) is 0 Å². The fraction of sp³-hybridized carbons (Fsp3) is 0.214. The number of amides is 1. The molecule has 0 saturated carbocycles. The van der Waals surface area contributed by atoms with Gasteiger partial charge in [0.1, 0.15) is 0 Å². The summed E-state index contributed by atoms with van der Waals surface area (Å²) in [6.07, 6.45) is 1.65. The first-order chi connectivity index (χ1) is 9.16. The third-order valence-electron chi connectivity index (χ3n) is 3.38. The molecule has 0 spiro atoms. The van der Waals surface area contributed by atoms with Gasteiger partial charge in [-0.05, 0) is 12.1 Å². The fourth-order valence-corrected chi connectivity index (χ4v) is 2.25. The molecule has 5 heteroatoms. The molecule has 0 radical (unpaired) electrons. The Hall–Kier alpha value is -2.43. The quantitative estimate of drug-likeness (QED) is 0.881. The number of para-hydroxylation sites is 1. The monoisotopic (exact) mass is 256 g/mol. The highest BCUT2D eigenvalue weighted by molar-refractivity contribution is 6.06. The lowest BCUT2D eigenvalue weighted by Gasteiger charge is -2.36. The molecule has 19 heavy (non-hydrogen) atoms. The third-order valence-corrected chi connectivity index (χ3v) is 3.38. The third kappa shape index (κ3) is 1.93. The predicted molar refractivity (Wildman–Crippen MR) is 68.8 cm³/mol. The van der Waals surface area contributed by atoms with Crippen molar-refractivity contribution in [3.05, 3.63) is 42.1 Å². The summed E-state index contributed by atoms with van der Waals surface area (Å²) >= 11 is 0. The van der Waals surface area contributed by atoms with Gasteiger partial charge in [-0.1, -0.05) is 18.2 Å². The molecule has 0 aliphatic carbocycles. The standard InChI is InChI=1S/C14H12N2O3/c17-13(16-7-10(8-16)14(18)19)11-5-1-3-9-4-2-6-15-12(9)11/h1-6,10H,7-8H2,(H,18,19). The van der Waals surface area contributed by atoms with Gasteiger partial charge in [0.25, 0.3) is 5.91 Å². The second-order valence-electron chi connectivity index (χ2n) is 4.63. The molecule has 96 valence electrons. The molecule has 0 bridgehead atoms. The SMILES string of the molecule is O=C(O)C1CN(C(=O)c2cccc3cccnc23)C1. The van der Waals surface area contributed by atoms with Crippen molar-refractivity contribution in [3.8, 4) is 0 Å². The Morgan fingerprint density at radius 3 is 2.68 bits per heavy atom. The van der Waals surface area contributed by atoms with Gasteiger partial charge >= 0.3 is 5.97 Å². The lowest BCUT2D eigenvalue weighted by Crippen LogP contribution is -2.53. The number of aromatic nitrogens is 1. The van der Waals surface area contributed by atoms with Crippen LogP contribution in [0.1, 0.15) is 10.4 Å². The highest BCUT2D eigenvalue weighted by Crippen LogP contribution is 2.22. The van der Waals surface area contributed by atoms with Crippen molar-refractivity contribution in [2.45, 2.75) is 0 Å². The van der Waals surface area contributed by atoms with Gasteiger partial charge in [-0.25, -0.2) is 0 Å². The van der Waals surface area contributed by atoms with E-state index in [4.69, 9.17) is 5.11 Å². The van der Waals surface area contributed by atoms with Gasteiger partial charge in [-0.15, -0.1) is 0 Å². The minimum atomic E-state index is -0.847. The van der Waals surface area contributed by atoms with Crippen LogP contribution in [0.25, 0.3) is 10.9 Å². The van der Waals surface area contributed by atoms with E-state index in [9.17, 15) is 9.59 Å². The number of pyridine rings is 1. The summed E-state index contributed by atoms with van der Waals surface area (Å²) in [5.74, 6) is -1.44. The Morgan fingerprint density at radius 1 is 1.21 bits per heavy atom. The first-order valence-electron chi connectivity index (χ1n) is 6.02. The number of benzene rings is 1. The molecule has 1 fully saturated rings. The summed E-state index contributed by atoms with van der Waals surface area (Å²) in [5.41, 5.74) is 1.19. The maximum atomic E-state index is 12.3. The van der Waals surface area contributed by atoms with Crippen LogP contribution in [0, 0.1) is 5.92 Å². The Bertz CT molecular complexity index is 657. The molecule has 2 heterocycles. The molecule has 0 atom stereocenters. The minimum absolute atomic E-state index is 0.151. The zero-order valence-corrected chi connectivity index (χ0v) is 10.1. The summed E-state index contributed by atoms with van der Waals surface area (Å²) in [6, 6.07) is 9.16. The molecule has 3 rings (SSSR count). The zero-order chi connectivity index (χ0) is 13.4. The maximum absolute atomic E-state index is 12.3. The van der Waals surface area contributed by atoms with Crippen molar-refractivity contribution < 1.29 is 14.7 Å². The van der Waals surface area contributed by atoms with E-state index in [0.717, 1.165) is 5.39 Å². The molecular formula is C14H12N2O3. The van der Waals surface area contributed by atoms with Crippen molar-refractivity contribution in [2.75, 3.05) is 13.1 Å². The van der Waals surface area contributed by atoms with Gasteiger partial charge in [0, 0.05) is 24.7 Å². The number of likely N-dealkylation sites (tertiary alicyclic amines) is 1. The summed E-state index contributed by atoms with van der Waals surface area (Å²) in [5, 5.41) is 9.73. The molecule has 5 nitrogen and oxygen atoms in total. The number of hydrogen-bond acceptors (Lipinski definition) is 3. The first kappa shape index (κ1) is 11.6. The average Bonchev–Trinajstić information content (AvgIpc) is 2.35. The number of hydrogen-bond donors (Lipinski definition) is 1. The molecule has 1 N–H and O–H groups in total. The van der Waals surface area contributed by atoms with Crippen molar-refractivity contribution in [2.24, 2.45) is 5.92 Å². The largest absolute Gasteiger partial charge is 0.481 e. The molecule has 1 aromatic carbocycles. The van der Waals surface area contributed by atoms with E-state index in [2.05, 4.69) is 4.98 Å². The molecule has 1 aliphatic heterocycles. The fourth-order valence-electron chi connectivity index (χ4n) is 2.25. The van der Waals surface area contributed by atoms with E-state index in [0.29, 0.717) is 11.1 Å². The van der Waals surface area contributed by atoms with Crippen molar-refractivity contribution in [3.63, 3.8) is 0 Å². The summed E-state index contributed by atoms with van der Waals surface area (Å²) < 4.78 is 0. The number of aliphatic carboxylic acids is 1. The molecule has 1 aliphatic rings. The van der Waals surface area contributed by atoms with E-state index < -0.39 is 11.9 Å². The van der Waals surface area contributed by atoms with Crippen LogP contribution in [-0.2, 0) is 4.79 Å². The molecule has 1 saturated heterocycles. The number of carboxylic acid groups (broad SMARTS) is 1. The highest BCUT2D eigenvalue weighted by Gasteiger charge is 2.36. The topological polar surface area (TPSA) is 70.5 Å². The van der Waals surface area contributed by atoms with E-state index >= 15 is 0 Å². The second kappa shape index (κ2) is 4.35. The van der Waals surface area contributed by atoms with Crippen molar-refractivity contribution in [1.82, 2.24) is 9.88 Å². The first-order valence-corrected chi connectivity index (χ1v) is 6.02. The predicted octanol–water partition coefficient (Wildman–Crippen LogP) is 1.39.